The van der Waals surface area contributed by atoms with Gasteiger partial charge in [-0.2, -0.15) is 49.5 Å². The Labute approximate surface area is 50.1 Å². The highest BCUT2D eigenvalue weighted by molar-refractivity contribution is 6.92. The highest BCUT2D eigenvalue weighted by atomic mass is 31.0. The zero-order valence-electron chi connectivity index (χ0n) is 3.54. The third-order valence-electron chi connectivity index (χ3n) is 0. The zero-order chi connectivity index (χ0) is 0. The molecule has 0 spiro atoms. The van der Waals surface area contributed by atoms with Crippen LogP contribution in [0, 0.1) is 0 Å². The van der Waals surface area contributed by atoms with Crippen molar-refractivity contribution < 1.29 is 0 Å². The van der Waals surface area contributed by atoms with Gasteiger partial charge in [-0.3, -0.25) is 0 Å². The summed E-state index contributed by atoms with van der Waals surface area (Å²) in [5, 5.41) is 0. The van der Waals surface area contributed by atoms with Crippen LogP contribution in [0.4, 0.5) is 0 Å². The molecule has 0 aliphatic carbocycles. The molecule has 40 valence electrons. The highest BCUT2D eigenvalue weighted by Crippen LogP contribution is 0.865. The first-order valence-corrected chi connectivity index (χ1v) is 0. The molecule has 0 N–H and O–H groups in total. The van der Waals surface area contributed by atoms with Crippen molar-refractivity contribution in [2.45, 2.75) is 0 Å². The van der Waals surface area contributed by atoms with Gasteiger partial charge in [0.2, 0.25) is 0 Å². The summed E-state index contributed by atoms with van der Waals surface area (Å²) in [6, 6.07) is 0. The molecule has 0 aliphatic rings. The van der Waals surface area contributed by atoms with E-state index in [4.69, 9.17) is 0 Å². The maximum atomic E-state index is 0. The summed E-state index contributed by atoms with van der Waals surface area (Å²) in [7, 11) is 0. The van der Waals surface area contributed by atoms with Crippen molar-refractivity contribution in [2.75, 3.05) is 0 Å². The second kappa shape index (κ2) is 35.3. The van der Waals surface area contributed by atoms with E-state index in [0.29, 0.717) is 0 Å². The van der Waals surface area contributed by atoms with Crippen LogP contribution in [-0.2, 0) is 0 Å². The summed E-state index contributed by atoms with van der Waals surface area (Å²) in [4.78, 5) is 0. The van der Waals surface area contributed by atoms with Gasteiger partial charge in [0, 0.05) is 0 Å². The van der Waals surface area contributed by atoms with Crippen LogP contribution in [0.25, 0.3) is 0 Å². The summed E-state index contributed by atoms with van der Waals surface area (Å²) >= 11 is 0. The van der Waals surface area contributed by atoms with Gasteiger partial charge < -0.3 is 0 Å². The number of hydrogen-bond donors (Lipinski definition) is 0. The summed E-state index contributed by atoms with van der Waals surface area (Å²) in [5.41, 5.74) is 0. The van der Waals surface area contributed by atoms with Crippen LogP contribution in [0.1, 0.15) is 0 Å². The van der Waals surface area contributed by atoms with Crippen molar-refractivity contribution in [2.24, 2.45) is 0 Å². The van der Waals surface area contributed by atoms with Crippen LogP contribution in [0.5, 0.6) is 0 Å². The molecule has 0 aliphatic heterocycles. The topological polar surface area (TPSA) is 0 Å². The molecule has 5 heteroatoms. The molecule has 0 radical (unpaired) electrons. The normalized spacial score (nSPS) is 0. The molecule has 0 heterocycles. The fraction of sp³-hybridized carbons (Fsp3) is 0. The fourth-order valence-electron chi connectivity index (χ4n) is 0. The molecule has 5 heavy (non-hydrogen) atoms. The van der Waals surface area contributed by atoms with Gasteiger partial charge in [0.15, 0.2) is 0 Å². The quantitative estimate of drug-likeness (QED) is 0.458. The summed E-state index contributed by atoms with van der Waals surface area (Å²) in [6.07, 6.45) is 0. The van der Waals surface area contributed by atoms with Gasteiger partial charge in [-0.25, -0.2) is 0 Å². The Morgan fingerprint density at radius 2 is 0.200 bits per heavy atom. The molecule has 0 amide bonds. The smallest absolute Gasteiger partial charge is 0.153 e. The van der Waals surface area contributed by atoms with Crippen molar-refractivity contribution in [3.63, 3.8) is 0 Å². The maximum absolute atomic E-state index is 0. The minimum Gasteiger partial charge on any atom is -0.153 e. The van der Waals surface area contributed by atoms with Gasteiger partial charge in [-0.15, -0.1) is 0 Å². The Morgan fingerprint density at radius 3 is 0.200 bits per heavy atom. The predicted octanol–water partition coefficient (Wildman–Crippen LogP) is 0.290. The van der Waals surface area contributed by atoms with Crippen LogP contribution < -0.4 is 0 Å². The molecule has 0 aromatic heterocycles. The Morgan fingerprint density at radius 1 is 0.200 bits per heavy atom. The van der Waals surface area contributed by atoms with Crippen LogP contribution >= 0.6 is 49.5 Å². The lowest BCUT2D eigenvalue weighted by atomic mass is 31.0. The Bertz CT molecular complexity index is 0. The highest BCUT2D eigenvalue weighted by Gasteiger charge is -0.149. The maximum Gasteiger partial charge on any atom is -0.153 e. The Balaban J connectivity index is 0. The van der Waals surface area contributed by atoms with Crippen LogP contribution in [0.2, 0.25) is 0 Å². The molecule has 0 nitrogen and oxygen atoms in total. The first kappa shape index (κ1) is 58.5. The second-order valence-corrected chi connectivity index (χ2v) is 0. The van der Waals surface area contributed by atoms with E-state index >= 15 is 0 Å². The predicted molar refractivity (Wildman–Crippen MR) is 55.5 cm³/mol. The molecule has 0 rings (SSSR count). The lowest BCUT2D eigenvalue weighted by Crippen LogP contribution is 0.860. The standard InChI is InChI=1S/5H3P/h5*1H3. The first-order valence-electron chi connectivity index (χ1n) is 0. The lowest BCUT2D eigenvalue weighted by Gasteiger charge is -0.154. The van der Waals surface area contributed by atoms with Gasteiger partial charge in [0.1, 0.15) is 0 Å². The molecule has 0 bridgehead atoms. The Kier molecular flexibility index (Phi) is 413. The van der Waals surface area contributed by atoms with E-state index < -0.39 is 0 Å². The molecule has 0 saturated carbocycles. The molecule has 5 unspecified atom stereocenters. The Hall–Kier alpha value is 2.15. The molecule has 0 saturated heterocycles. The van der Waals surface area contributed by atoms with E-state index in [2.05, 4.69) is 0 Å². The third-order valence-corrected chi connectivity index (χ3v) is 0. The number of hydrogen-bond acceptors (Lipinski definition) is 0. The van der Waals surface area contributed by atoms with Gasteiger partial charge in [0.05, 0.1) is 0 Å². The lowest BCUT2D eigenvalue weighted by molar-refractivity contribution is 6.92. The van der Waals surface area contributed by atoms with E-state index in [1.54, 1.807) is 0 Å². The van der Waals surface area contributed by atoms with Crippen molar-refractivity contribution >= 4 is 49.5 Å². The van der Waals surface area contributed by atoms with E-state index in [1.165, 1.54) is 0 Å². The molecule has 0 aromatic rings. The fourth-order valence-corrected chi connectivity index (χ4v) is 0. The average molecular weight is 170 g/mol. The van der Waals surface area contributed by atoms with Crippen molar-refractivity contribution in [3.05, 3.63) is 0 Å². The van der Waals surface area contributed by atoms with Crippen molar-refractivity contribution in [3.8, 4) is 0 Å². The number of rotatable bonds is 0. The van der Waals surface area contributed by atoms with E-state index in [1.807, 2.05) is 0 Å². The van der Waals surface area contributed by atoms with Gasteiger partial charge in [-0.1, -0.05) is 0 Å². The van der Waals surface area contributed by atoms with Crippen molar-refractivity contribution in [1.82, 2.24) is 0 Å². The van der Waals surface area contributed by atoms with E-state index in [-0.39, 0.29) is 49.5 Å². The monoisotopic (exact) mass is 170 g/mol. The average Bonchev–Trinajstić information content (AvgIpc) is 0. The van der Waals surface area contributed by atoms with Crippen LogP contribution in [0.15, 0.2) is 0 Å². The summed E-state index contributed by atoms with van der Waals surface area (Å²) < 4.78 is 0. The molecular formula is H15P5. The third kappa shape index (κ3) is 22.9. The summed E-state index contributed by atoms with van der Waals surface area (Å²) in [6.45, 7) is 0. The molecule has 0 aromatic carbocycles. The SMILES string of the molecule is P.P.P.P.P. The van der Waals surface area contributed by atoms with Gasteiger partial charge >= 0.3 is 0 Å². The largest absolute Gasteiger partial charge is 0.153 e. The second-order valence-electron chi connectivity index (χ2n) is 0. The van der Waals surface area contributed by atoms with Gasteiger partial charge in [0.25, 0.3) is 0 Å². The molecule has 0 fully saturated rings. The minimum atomic E-state index is 0. The van der Waals surface area contributed by atoms with Crippen LogP contribution in [0.3, 0.4) is 0 Å². The molecule has 5 atom stereocenters. The van der Waals surface area contributed by atoms with E-state index in [0.717, 1.165) is 0 Å². The van der Waals surface area contributed by atoms with Crippen molar-refractivity contribution in [1.29, 1.82) is 0 Å². The molecular weight excluding hydrogens is 155 g/mol. The zero-order valence-corrected chi connectivity index (χ0v) is 10.6. The van der Waals surface area contributed by atoms with E-state index in [9.17, 15) is 0 Å². The minimum absolute atomic E-state index is 0. The summed E-state index contributed by atoms with van der Waals surface area (Å²) in [5.74, 6) is 0. The van der Waals surface area contributed by atoms with Gasteiger partial charge in [-0.05, 0) is 0 Å². The first-order chi connectivity index (χ1) is 0. The van der Waals surface area contributed by atoms with Crippen LogP contribution in [-0.4, -0.2) is 0 Å².